The molecule has 0 saturated heterocycles. The Kier molecular flexibility index (Phi) is 3.01. The number of carbonyl (C=O) groups excluding carboxylic acids is 2. The highest BCUT2D eigenvalue weighted by atomic mass is 16.5. The fourth-order valence-electron chi connectivity index (χ4n) is 5.11. The lowest BCUT2D eigenvalue weighted by molar-refractivity contribution is -0.136. The largest absolute Gasteiger partial charge is 0.507 e. The molecule has 1 aromatic carbocycles. The van der Waals surface area contributed by atoms with Crippen LogP contribution in [0.1, 0.15) is 60.5 Å². The monoisotopic (exact) mass is 338 g/mol. The van der Waals surface area contributed by atoms with Gasteiger partial charge in [0, 0.05) is 23.3 Å². The van der Waals surface area contributed by atoms with Gasteiger partial charge in [-0.2, -0.15) is 0 Å². The van der Waals surface area contributed by atoms with Gasteiger partial charge in [0.15, 0.2) is 5.78 Å². The number of carbonyl (C=O) groups is 2. The summed E-state index contributed by atoms with van der Waals surface area (Å²) in [4.78, 5) is 24.8. The van der Waals surface area contributed by atoms with Crippen LogP contribution in [0.5, 0.6) is 5.75 Å². The van der Waals surface area contributed by atoms with Gasteiger partial charge in [-0.15, -0.1) is 0 Å². The first-order valence-electron chi connectivity index (χ1n) is 9.26. The third-order valence-corrected chi connectivity index (χ3v) is 6.83. The van der Waals surface area contributed by atoms with Gasteiger partial charge >= 0.3 is 5.97 Å². The fourth-order valence-corrected chi connectivity index (χ4v) is 5.11. The third kappa shape index (κ3) is 2.06. The number of cyclic esters (lactones) is 1. The zero-order valence-corrected chi connectivity index (χ0v) is 14.4. The number of aromatic hydroxyl groups is 1. The second-order valence-electron chi connectivity index (χ2n) is 8.32. The van der Waals surface area contributed by atoms with Gasteiger partial charge in [-0.1, -0.05) is 19.1 Å². The van der Waals surface area contributed by atoms with Gasteiger partial charge in [0.05, 0.1) is 5.56 Å². The molecule has 0 spiro atoms. The zero-order chi connectivity index (χ0) is 17.3. The smallest absolute Gasteiger partial charge is 0.334 e. The molecular formula is C21H22O4. The van der Waals surface area contributed by atoms with Gasteiger partial charge in [0.25, 0.3) is 0 Å². The molecule has 2 atom stereocenters. The summed E-state index contributed by atoms with van der Waals surface area (Å²) in [5.41, 5.74) is 3.98. The predicted molar refractivity (Wildman–Crippen MR) is 91.5 cm³/mol. The zero-order valence-electron chi connectivity index (χ0n) is 14.4. The Morgan fingerprint density at radius 1 is 1.28 bits per heavy atom. The summed E-state index contributed by atoms with van der Waals surface area (Å²) in [5, 5.41) is 10.8. The molecule has 0 aromatic heterocycles. The van der Waals surface area contributed by atoms with Crippen molar-refractivity contribution in [3.05, 3.63) is 40.0 Å². The number of rotatable bonds is 2. The Morgan fingerprint density at radius 3 is 2.84 bits per heavy atom. The van der Waals surface area contributed by atoms with Gasteiger partial charge in [0.1, 0.15) is 12.4 Å². The van der Waals surface area contributed by atoms with E-state index in [1.165, 1.54) is 12.8 Å². The van der Waals surface area contributed by atoms with Crippen molar-refractivity contribution < 1.29 is 19.4 Å². The molecule has 3 aliphatic carbocycles. The number of esters is 1. The maximum absolute atomic E-state index is 12.9. The number of phenolic OH excluding ortho intramolecular Hbond substituents is 1. The fraction of sp³-hybridized carbons (Fsp3) is 0.524. The topological polar surface area (TPSA) is 63.6 Å². The second kappa shape index (κ2) is 4.96. The molecule has 4 nitrogen and oxygen atoms in total. The number of fused-ring (bicyclic) bond motifs is 4. The molecule has 0 radical (unpaired) electrons. The molecule has 2 unspecified atom stereocenters. The molecule has 25 heavy (non-hydrogen) atoms. The molecule has 1 aromatic rings. The molecule has 1 N–H and O–H groups in total. The Morgan fingerprint density at radius 2 is 2.08 bits per heavy atom. The lowest BCUT2D eigenvalue weighted by Gasteiger charge is -2.46. The van der Waals surface area contributed by atoms with Crippen molar-refractivity contribution in [2.24, 2.45) is 11.8 Å². The van der Waals surface area contributed by atoms with E-state index in [0.717, 1.165) is 35.1 Å². The van der Waals surface area contributed by atoms with Crippen molar-refractivity contribution in [3.63, 3.8) is 0 Å². The number of hydrogen-bond donors (Lipinski definition) is 1. The van der Waals surface area contributed by atoms with E-state index < -0.39 is 0 Å². The van der Waals surface area contributed by atoms with E-state index in [1.807, 2.05) is 6.07 Å². The van der Waals surface area contributed by atoms with Crippen LogP contribution in [0.4, 0.5) is 0 Å². The van der Waals surface area contributed by atoms with Gasteiger partial charge in [0.2, 0.25) is 0 Å². The molecule has 1 heterocycles. The number of ketones is 1. The second-order valence-corrected chi connectivity index (χ2v) is 8.32. The Balaban J connectivity index is 1.63. The van der Waals surface area contributed by atoms with Crippen LogP contribution in [0, 0.1) is 11.8 Å². The summed E-state index contributed by atoms with van der Waals surface area (Å²) in [5.74, 6) is 0.664. The van der Waals surface area contributed by atoms with Gasteiger partial charge < -0.3 is 9.84 Å². The van der Waals surface area contributed by atoms with E-state index in [9.17, 15) is 14.7 Å². The molecule has 1 fully saturated rings. The third-order valence-electron chi connectivity index (χ3n) is 6.83. The van der Waals surface area contributed by atoms with Crippen molar-refractivity contribution in [2.75, 3.05) is 6.61 Å². The van der Waals surface area contributed by atoms with Gasteiger partial charge in [-0.05, 0) is 54.7 Å². The molecule has 130 valence electrons. The van der Waals surface area contributed by atoms with E-state index in [-0.39, 0.29) is 28.8 Å². The molecule has 4 heteroatoms. The highest BCUT2D eigenvalue weighted by Crippen LogP contribution is 2.55. The quantitative estimate of drug-likeness (QED) is 0.839. The molecule has 0 amide bonds. The number of hydrogen-bond acceptors (Lipinski definition) is 4. The van der Waals surface area contributed by atoms with Crippen LogP contribution in [-0.2, 0) is 21.4 Å². The van der Waals surface area contributed by atoms with Crippen LogP contribution in [0.2, 0.25) is 0 Å². The lowest BCUT2D eigenvalue weighted by Crippen LogP contribution is -2.43. The molecule has 1 saturated carbocycles. The van der Waals surface area contributed by atoms with Crippen molar-refractivity contribution in [2.45, 2.75) is 50.9 Å². The average molecular weight is 338 g/mol. The van der Waals surface area contributed by atoms with Crippen LogP contribution in [0.3, 0.4) is 0 Å². The molecule has 0 bridgehead atoms. The minimum atomic E-state index is -0.217. The van der Waals surface area contributed by atoms with E-state index in [2.05, 4.69) is 13.0 Å². The summed E-state index contributed by atoms with van der Waals surface area (Å²) in [6, 6.07) is 4.06. The van der Waals surface area contributed by atoms with Crippen LogP contribution >= 0.6 is 0 Å². The lowest BCUT2D eigenvalue weighted by atomic mass is 9.56. The van der Waals surface area contributed by atoms with Crippen LogP contribution in [0.25, 0.3) is 0 Å². The predicted octanol–water partition coefficient (Wildman–Crippen LogP) is 3.45. The first-order valence-corrected chi connectivity index (χ1v) is 9.26. The summed E-state index contributed by atoms with van der Waals surface area (Å²) in [7, 11) is 0. The first-order chi connectivity index (χ1) is 12.0. The average Bonchev–Trinajstić information content (AvgIpc) is 3.32. The van der Waals surface area contributed by atoms with Crippen LogP contribution in [0.15, 0.2) is 23.3 Å². The van der Waals surface area contributed by atoms with Crippen molar-refractivity contribution >= 4 is 11.8 Å². The summed E-state index contributed by atoms with van der Waals surface area (Å²) in [6.45, 7) is 2.50. The minimum absolute atomic E-state index is 0.000668. The van der Waals surface area contributed by atoms with Gasteiger partial charge in [-0.3, -0.25) is 4.79 Å². The normalized spacial score (nSPS) is 30.7. The van der Waals surface area contributed by atoms with Crippen molar-refractivity contribution in [1.82, 2.24) is 0 Å². The van der Waals surface area contributed by atoms with E-state index in [4.69, 9.17) is 4.74 Å². The molecular weight excluding hydrogens is 316 g/mol. The highest BCUT2D eigenvalue weighted by Gasteiger charge is 2.51. The van der Waals surface area contributed by atoms with Gasteiger partial charge in [-0.25, -0.2) is 4.79 Å². The molecule has 5 rings (SSSR count). The number of phenols is 1. The standard InChI is InChI=1S/C21H22O4/c1-21-7-6-13-14(10-25-20(13)24)16(21)9-17(22)18-15(21)5-4-12(19(18)23)8-11-2-3-11/h4-5,11,16,23H,2-3,6-10H2,1H3. The summed E-state index contributed by atoms with van der Waals surface area (Å²) >= 11 is 0. The van der Waals surface area contributed by atoms with Crippen LogP contribution < -0.4 is 0 Å². The highest BCUT2D eigenvalue weighted by molar-refractivity contribution is 6.03. The van der Waals surface area contributed by atoms with E-state index in [0.29, 0.717) is 30.9 Å². The molecule has 4 aliphatic rings. The first kappa shape index (κ1) is 15.2. The van der Waals surface area contributed by atoms with E-state index >= 15 is 0 Å². The summed E-state index contributed by atoms with van der Waals surface area (Å²) < 4.78 is 5.24. The van der Waals surface area contributed by atoms with Crippen LogP contribution in [-0.4, -0.2) is 23.5 Å². The number of benzene rings is 1. The maximum atomic E-state index is 12.9. The van der Waals surface area contributed by atoms with Crippen molar-refractivity contribution in [3.8, 4) is 5.75 Å². The number of ether oxygens (including phenoxy) is 1. The Bertz CT molecular complexity index is 846. The molecule has 1 aliphatic heterocycles. The number of Topliss-reactive ketones (excluding diaryl/α,β-unsaturated/α-hetero) is 1. The Hall–Kier alpha value is -2.10. The summed E-state index contributed by atoms with van der Waals surface area (Å²) in [6.07, 6.45) is 5.17. The minimum Gasteiger partial charge on any atom is -0.507 e. The Labute approximate surface area is 146 Å². The maximum Gasteiger partial charge on any atom is 0.334 e. The van der Waals surface area contributed by atoms with Crippen molar-refractivity contribution in [1.29, 1.82) is 0 Å². The SMILES string of the molecule is CC12CCC3=C(COC3=O)C1CC(=O)c1c2ccc(CC2CC2)c1O. The van der Waals surface area contributed by atoms with E-state index in [1.54, 1.807) is 0 Å².